The van der Waals surface area contributed by atoms with Gasteiger partial charge in [0, 0.05) is 6.04 Å². The molecule has 0 radical (unpaired) electrons. The van der Waals surface area contributed by atoms with Gasteiger partial charge in [0.2, 0.25) is 0 Å². The van der Waals surface area contributed by atoms with Crippen molar-refractivity contribution in [1.29, 1.82) is 0 Å². The normalized spacial score (nSPS) is 21.2. The molecular formula is C20H29NO2. The van der Waals surface area contributed by atoms with Crippen molar-refractivity contribution in [2.45, 2.75) is 77.4 Å². The molecule has 1 aromatic carbocycles. The molecule has 1 aromatic rings. The van der Waals surface area contributed by atoms with Crippen LogP contribution in [0, 0.1) is 5.41 Å². The van der Waals surface area contributed by atoms with Gasteiger partial charge in [0.05, 0.1) is 0 Å². The van der Waals surface area contributed by atoms with E-state index < -0.39 is 6.10 Å². The first kappa shape index (κ1) is 16.4. The predicted octanol–water partition coefficient (Wildman–Crippen LogP) is 4.42. The van der Waals surface area contributed by atoms with Crippen molar-refractivity contribution in [3.8, 4) is 5.75 Å². The smallest absolute Gasteiger partial charge is 0.260 e. The SMILES string of the molecule is CC(Oc1cccc(C(C)C)c1)C(=O)NC1CCC2(CC1)CC2. The summed E-state index contributed by atoms with van der Waals surface area (Å²) in [5.41, 5.74) is 1.90. The van der Waals surface area contributed by atoms with Gasteiger partial charge >= 0.3 is 0 Å². The molecule has 1 unspecified atom stereocenters. The lowest BCUT2D eigenvalue weighted by Crippen LogP contribution is -2.44. The highest BCUT2D eigenvalue weighted by molar-refractivity contribution is 5.81. The number of hydrogen-bond donors (Lipinski definition) is 1. The van der Waals surface area contributed by atoms with Crippen LogP contribution in [0.2, 0.25) is 0 Å². The number of rotatable bonds is 5. The van der Waals surface area contributed by atoms with Crippen LogP contribution in [0.25, 0.3) is 0 Å². The van der Waals surface area contributed by atoms with Crippen molar-refractivity contribution in [1.82, 2.24) is 5.32 Å². The van der Waals surface area contributed by atoms with Crippen LogP contribution in [-0.4, -0.2) is 18.1 Å². The number of hydrogen-bond acceptors (Lipinski definition) is 2. The molecule has 0 heterocycles. The van der Waals surface area contributed by atoms with E-state index in [1.165, 1.54) is 31.2 Å². The Morgan fingerprint density at radius 2 is 1.87 bits per heavy atom. The molecule has 2 aliphatic rings. The molecule has 3 rings (SSSR count). The molecule has 3 heteroatoms. The van der Waals surface area contributed by atoms with E-state index in [4.69, 9.17) is 4.74 Å². The standard InChI is InChI=1S/C20H29NO2/c1-14(2)16-5-4-6-18(13-16)23-15(3)19(22)21-17-7-9-20(10-8-17)11-12-20/h4-6,13-15,17H,7-12H2,1-3H3,(H,21,22). The van der Waals surface area contributed by atoms with Crippen LogP contribution in [0.1, 0.15) is 70.8 Å². The van der Waals surface area contributed by atoms with Crippen LogP contribution in [0.4, 0.5) is 0 Å². The number of amides is 1. The lowest BCUT2D eigenvalue weighted by Gasteiger charge is -2.29. The van der Waals surface area contributed by atoms with E-state index in [0.29, 0.717) is 17.4 Å². The lowest BCUT2D eigenvalue weighted by atomic mass is 9.83. The van der Waals surface area contributed by atoms with Gasteiger partial charge in [-0.1, -0.05) is 26.0 Å². The topological polar surface area (TPSA) is 38.3 Å². The van der Waals surface area contributed by atoms with Gasteiger partial charge in [-0.3, -0.25) is 4.79 Å². The minimum absolute atomic E-state index is 0.0108. The third kappa shape index (κ3) is 4.07. The first-order valence-corrected chi connectivity index (χ1v) is 9.04. The summed E-state index contributed by atoms with van der Waals surface area (Å²) in [4.78, 5) is 12.4. The molecule has 1 N–H and O–H groups in total. The third-order valence-electron chi connectivity index (χ3n) is 5.56. The quantitative estimate of drug-likeness (QED) is 0.873. The summed E-state index contributed by atoms with van der Waals surface area (Å²) in [6.45, 7) is 6.15. The van der Waals surface area contributed by atoms with E-state index in [0.717, 1.165) is 18.6 Å². The Hall–Kier alpha value is -1.51. The Kier molecular flexibility index (Phi) is 4.65. The van der Waals surface area contributed by atoms with Crippen molar-refractivity contribution >= 4 is 5.91 Å². The van der Waals surface area contributed by atoms with Gasteiger partial charge in [-0.15, -0.1) is 0 Å². The molecule has 1 amide bonds. The Balaban J connectivity index is 1.50. The van der Waals surface area contributed by atoms with Crippen LogP contribution in [-0.2, 0) is 4.79 Å². The minimum Gasteiger partial charge on any atom is -0.481 e. The molecule has 2 fully saturated rings. The molecule has 3 nitrogen and oxygen atoms in total. The Labute approximate surface area is 139 Å². The molecule has 1 spiro atoms. The van der Waals surface area contributed by atoms with Crippen LogP contribution in [0.15, 0.2) is 24.3 Å². The predicted molar refractivity (Wildman–Crippen MR) is 92.7 cm³/mol. The van der Waals surface area contributed by atoms with E-state index in [1.54, 1.807) is 0 Å². The highest BCUT2D eigenvalue weighted by Gasteiger charge is 2.44. The Morgan fingerprint density at radius 3 is 2.48 bits per heavy atom. The van der Waals surface area contributed by atoms with Gasteiger partial charge in [-0.2, -0.15) is 0 Å². The van der Waals surface area contributed by atoms with Gasteiger partial charge in [0.1, 0.15) is 5.75 Å². The Morgan fingerprint density at radius 1 is 1.17 bits per heavy atom. The van der Waals surface area contributed by atoms with E-state index in [2.05, 4.69) is 25.2 Å². The summed E-state index contributed by atoms with van der Waals surface area (Å²) in [5.74, 6) is 1.25. The maximum absolute atomic E-state index is 12.4. The van der Waals surface area contributed by atoms with Gasteiger partial charge in [0.25, 0.3) is 5.91 Å². The second-order valence-corrected chi connectivity index (χ2v) is 7.77. The summed E-state index contributed by atoms with van der Waals surface area (Å²) in [6, 6.07) is 8.38. The summed E-state index contributed by atoms with van der Waals surface area (Å²) in [5, 5.41) is 3.18. The molecular weight excluding hydrogens is 286 g/mol. The molecule has 0 saturated heterocycles. The van der Waals surface area contributed by atoms with Crippen LogP contribution in [0.5, 0.6) is 5.75 Å². The van der Waals surface area contributed by atoms with Crippen molar-refractivity contribution in [3.05, 3.63) is 29.8 Å². The van der Waals surface area contributed by atoms with E-state index in [-0.39, 0.29) is 5.91 Å². The van der Waals surface area contributed by atoms with Gasteiger partial charge < -0.3 is 10.1 Å². The highest BCUT2D eigenvalue weighted by atomic mass is 16.5. The number of benzene rings is 1. The molecule has 2 saturated carbocycles. The zero-order valence-corrected chi connectivity index (χ0v) is 14.6. The van der Waals surface area contributed by atoms with Crippen molar-refractivity contribution in [2.75, 3.05) is 0 Å². The summed E-state index contributed by atoms with van der Waals surface area (Å²) in [6.07, 6.45) is 7.17. The second kappa shape index (κ2) is 6.54. The largest absolute Gasteiger partial charge is 0.481 e. The van der Waals surface area contributed by atoms with Gasteiger partial charge in [-0.05, 0) is 74.5 Å². The van der Waals surface area contributed by atoms with E-state index >= 15 is 0 Å². The molecule has 0 aromatic heterocycles. The first-order valence-electron chi connectivity index (χ1n) is 9.04. The van der Waals surface area contributed by atoms with Crippen molar-refractivity contribution in [2.24, 2.45) is 5.41 Å². The average Bonchev–Trinajstić information content (AvgIpc) is 3.29. The molecule has 126 valence electrons. The molecule has 0 aliphatic heterocycles. The lowest BCUT2D eigenvalue weighted by molar-refractivity contribution is -0.128. The number of nitrogens with one attached hydrogen (secondary N) is 1. The zero-order valence-electron chi connectivity index (χ0n) is 14.6. The maximum Gasteiger partial charge on any atom is 0.260 e. The summed E-state index contributed by atoms with van der Waals surface area (Å²) < 4.78 is 5.85. The first-order chi connectivity index (χ1) is 11.0. The molecule has 23 heavy (non-hydrogen) atoms. The van der Waals surface area contributed by atoms with Crippen molar-refractivity contribution < 1.29 is 9.53 Å². The molecule has 2 aliphatic carbocycles. The molecule has 0 bridgehead atoms. The van der Waals surface area contributed by atoms with Crippen LogP contribution < -0.4 is 10.1 Å². The third-order valence-corrected chi connectivity index (χ3v) is 5.56. The number of ether oxygens (including phenoxy) is 1. The summed E-state index contributed by atoms with van der Waals surface area (Å²) in [7, 11) is 0. The fourth-order valence-electron chi connectivity index (χ4n) is 3.57. The fourth-order valence-corrected chi connectivity index (χ4v) is 3.57. The number of carbonyl (C=O) groups is 1. The summed E-state index contributed by atoms with van der Waals surface area (Å²) >= 11 is 0. The van der Waals surface area contributed by atoms with E-state index in [1.807, 2.05) is 25.1 Å². The van der Waals surface area contributed by atoms with E-state index in [9.17, 15) is 4.79 Å². The highest BCUT2D eigenvalue weighted by Crippen LogP contribution is 2.56. The zero-order chi connectivity index (χ0) is 16.4. The second-order valence-electron chi connectivity index (χ2n) is 7.77. The minimum atomic E-state index is -0.450. The van der Waals surface area contributed by atoms with Crippen molar-refractivity contribution in [3.63, 3.8) is 0 Å². The number of carbonyl (C=O) groups excluding carboxylic acids is 1. The maximum atomic E-state index is 12.4. The van der Waals surface area contributed by atoms with Gasteiger partial charge in [-0.25, -0.2) is 0 Å². The fraction of sp³-hybridized carbons (Fsp3) is 0.650. The van der Waals surface area contributed by atoms with Crippen LogP contribution >= 0.6 is 0 Å². The Bertz CT molecular complexity index is 553. The monoisotopic (exact) mass is 315 g/mol. The van der Waals surface area contributed by atoms with Crippen LogP contribution in [0.3, 0.4) is 0 Å². The van der Waals surface area contributed by atoms with Gasteiger partial charge in [0.15, 0.2) is 6.10 Å². The average molecular weight is 315 g/mol. The molecule has 1 atom stereocenters.